The number of benzene rings is 1. The summed E-state index contributed by atoms with van der Waals surface area (Å²) in [5.41, 5.74) is 3.57. The monoisotopic (exact) mass is 317 g/mol. The summed E-state index contributed by atoms with van der Waals surface area (Å²) in [4.78, 5) is 0. The molecule has 2 heterocycles. The third-order valence-corrected chi connectivity index (χ3v) is 4.07. The fraction of sp³-hybridized carbons (Fsp3) is 0.267. The van der Waals surface area contributed by atoms with E-state index in [1.807, 2.05) is 6.92 Å². The van der Waals surface area contributed by atoms with Gasteiger partial charge in [0.25, 0.3) is 0 Å². The highest BCUT2D eigenvalue weighted by Crippen LogP contribution is 2.25. The smallest absolute Gasteiger partial charge is 0.0645 e. The Bertz CT molecular complexity index is 724. The molecule has 0 aliphatic heterocycles. The van der Waals surface area contributed by atoms with Gasteiger partial charge in [-0.25, -0.2) is 0 Å². The molecule has 0 saturated carbocycles. The Labute approximate surface area is 121 Å². The fourth-order valence-electron chi connectivity index (χ4n) is 2.50. The molecule has 0 unspecified atom stereocenters. The van der Waals surface area contributed by atoms with Crippen molar-refractivity contribution in [1.29, 1.82) is 0 Å². The first-order valence-electron chi connectivity index (χ1n) is 6.45. The maximum absolute atomic E-state index is 4.50. The third kappa shape index (κ3) is 2.21. The lowest BCUT2D eigenvalue weighted by atomic mass is 10.2. The molecule has 4 heteroatoms. The van der Waals surface area contributed by atoms with Crippen molar-refractivity contribution in [2.24, 2.45) is 0 Å². The Hall–Kier alpha value is -1.55. The van der Waals surface area contributed by atoms with Crippen molar-refractivity contribution in [3.63, 3.8) is 0 Å². The minimum atomic E-state index is 0.856. The molecule has 19 heavy (non-hydrogen) atoms. The van der Waals surface area contributed by atoms with Crippen LogP contribution in [0.25, 0.3) is 10.9 Å². The number of hydrogen-bond acceptors (Lipinski definition) is 1. The summed E-state index contributed by atoms with van der Waals surface area (Å²) in [6.07, 6.45) is 2.14. The lowest BCUT2D eigenvalue weighted by molar-refractivity contribution is 0.602. The lowest BCUT2D eigenvalue weighted by Crippen LogP contribution is -2.07. The number of halogens is 1. The molecule has 0 radical (unpaired) electrons. The molecule has 0 aliphatic carbocycles. The van der Waals surface area contributed by atoms with Gasteiger partial charge in [0.1, 0.15) is 0 Å². The molecule has 2 aromatic heterocycles. The van der Waals surface area contributed by atoms with E-state index in [9.17, 15) is 0 Å². The van der Waals surface area contributed by atoms with Gasteiger partial charge in [0.05, 0.1) is 17.9 Å². The molecule has 0 N–H and O–H groups in total. The molecule has 0 bridgehead atoms. The van der Waals surface area contributed by atoms with E-state index in [1.165, 1.54) is 16.6 Å². The van der Waals surface area contributed by atoms with Gasteiger partial charge in [0.15, 0.2) is 0 Å². The Morgan fingerprint density at radius 1 is 1.26 bits per heavy atom. The zero-order valence-electron chi connectivity index (χ0n) is 11.1. The molecule has 0 aliphatic rings. The van der Waals surface area contributed by atoms with E-state index in [1.54, 1.807) is 0 Å². The van der Waals surface area contributed by atoms with Gasteiger partial charge in [-0.3, -0.25) is 4.68 Å². The molecule has 0 atom stereocenters. The van der Waals surface area contributed by atoms with Crippen molar-refractivity contribution < 1.29 is 0 Å². The Morgan fingerprint density at radius 3 is 2.89 bits per heavy atom. The van der Waals surface area contributed by atoms with Crippen LogP contribution in [0.4, 0.5) is 0 Å². The molecule has 3 rings (SSSR count). The number of rotatable bonds is 3. The van der Waals surface area contributed by atoms with Gasteiger partial charge >= 0.3 is 0 Å². The van der Waals surface area contributed by atoms with Crippen LogP contribution in [0.5, 0.6) is 0 Å². The average molecular weight is 318 g/mol. The Morgan fingerprint density at radius 2 is 2.11 bits per heavy atom. The van der Waals surface area contributed by atoms with Gasteiger partial charge in [-0.1, -0.05) is 22.0 Å². The maximum atomic E-state index is 4.50. The summed E-state index contributed by atoms with van der Waals surface area (Å²) < 4.78 is 5.48. The van der Waals surface area contributed by atoms with Gasteiger partial charge in [-0.05, 0) is 38.1 Å². The molecule has 1 aromatic carbocycles. The molecule has 98 valence electrons. The summed E-state index contributed by atoms with van der Waals surface area (Å²) in [7, 11) is 0. The van der Waals surface area contributed by atoms with Crippen LogP contribution in [0, 0.1) is 6.92 Å². The second-order valence-corrected chi connectivity index (χ2v) is 5.56. The number of aryl methyl sites for hydroxylation is 2. The highest BCUT2D eigenvalue weighted by Gasteiger charge is 2.08. The van der Waals surface area contributed by atoms with Crippen LogP contribution < -0.4 is 0 Å². The normalized spacial score (nSPS) is 11.3. The topological polar surface area (TPSA) is 22.8 Å². The van der Waals surface area contributed by atoms with Crippen LogP contribution in [0.3, 0.4) is 0 Å². The zero-order valence-corrected chi connectivity index (χ0v) is 12.7. The van der Waals surface area contributed by atoms with E-state index in [0.29, 0.717) is 0 Å². The first-order valence-corrected chi connectivity index (χ1v) is 7.25. The van der Waals surface area contributed by atoms with Crippen LogP contribution in [0.15, 0.2) is 41.0 Å². The lowest BCUT2D eigenvalue weighted by Gasteiger charge is -2.07. The van der Waals surface area contributed by atoms with Crippen LogP contribution in [-0.4, -0.2) is 14.3 Å². The second-order valence-electron chi connectivity index (χ2n) is 4.71. The van der Waals surface area contributed by atoms with Gasteiger partial charge in [0.2, 0.25) is 0 Å². The molecule has 3 nitrogen and oxygen atoms in total. The minimum absolute atomic E-state index is 0.856. The minimum Gasteiger partial charge on any atom is -0.341 e. The van der Waals surface area contributed by atoms with Crippen molar-refractivity contribution in [3.05, 3.63) is 52.4 Å². The van der Waals surface area contributed by atoms with E-state index in [4.69, 9.17) is 0 Å². The highest BCUT2D eigenvalue weighted by molar-refractivity contribution is 9.10. The summed E-state index contributed by atoms with van der Waals surface area (Å²) in [6.45, 7) is 5.93. The SMILES string of the molecule is CCn1nc(C)cc1Cn1ccc2c(Br)cccc21. The summed E-state index contributed by atoms with van der Waals surface area (Å²) >= 11 is 3.60. The molecule has 0 amide bonds. The van der Waals surface area contributed by atoms with Crippen molar-refractivity contribution in [3.8, 4) is 0 Å². The number of aromatic nitrogens is 3. The maximum Gasteiger partial charge on any atom is 0.0645 e. The van der Waals surface area contributed by atoms with Gasteiger partial charge < -0.3 is 4.57 Å². The van der Waals surface area contributed by atoms with Gasteiger partial charge in [-0.2, -0.15) is 5.10 Å². The number of hydrogen-bond donors (Lipinski definition) is 0. The van der Waals surface area contributed by atoms with Gasteiger partial charge in [-0.15, -0.1) is 0 Å². The molecule has 3 aromatic rings. The first kappa shape index (κ1) is 12.5. The number of fused-ring (bicyclic) bond motifs is 1. The van der Waals surface area contributed by atoms with E-state index in [0.717, 1.165) is 23.3 Å². The largest absolute Gasteiger partial charge is 0.341 e. The quantitative estimate of drug-likeness (QED) is 0.716. The molecule has 0 spiro atoms. The van der Waals surface area contributed by atoms with E-state index in [2.05, 4.69) is 73.7 Å². The first-order chi connectivity index (χ1) is 9.19. The zero-order chi connectivity index (χ0) is 13.4. The van der Waals surface area contributed by atoms with Crippen LogP contribution in [0.1, 0.15) is 18.3 Å². The summed E-state index contributed by atoms with van der Waals surface area (Å²) in [6, 6.07) is 10.6. The Balaban J connectivity index is 2.03. The molecule has 0 saturated heterocycles. The third-order valence-electron chi connectivity index (χ3n) is 3.38. The van der Waals surface area contributed by atoms with Crippen molar-refractivity contribution in [1.82, 2.24) is 14.3 Å². The van der Waals surface area contributed by atoms with Crippen molar-refractivity contribution in [2.75, 3.05) is 0 Å². The van der Waals surface area contributed by atoms with Gasteiger partial charge in [0, 0.05) is 28.1 Å². The standard InChI is InChI=1S/C15H16BrN3/c1-3-19-12(9-11(2)17-19)10-18-8-7-13-14(16)5-4-6-15(13)18/h4-9H,3,10H2,1-2H3. The van der Waals surface area contributed by atoms with Crippen LogP contribution in [-0.2, 0) is 13.1 Å². The van der Waals surface area contributed by atoms with Crippen molar-refractivity contribution >= 4 is 26.8 Å². The average Bonchev–Trinajstić information content (AvgIpc) is 2.95. The number of nitrogens with zero attached hydrogens (tertiary/aromatic N) is 3. The van der Waals surface area contributed by atoms with Crippen LogP contribution in [0.2, 0.25) is 0 Å². The fourth-order valence-corrected chi connectivity index (χ4v) is 2.99. The van der Waals surface area contributed by atoms with E-state index in [-0.39, 0.29) is 0 Å². The van der Waals surface area contributed by atoms with Crippen LogP contribution >= 0.6 is 15.9 Å². The summed E-state index contributed by atoms with van der Waals surface area (Å²) in [5.74, 6) is 0. The molecular weight excluding hydrogens is 302 g/mol. The predicted molar refractivity (Wildman–Crippen MR) is 81.4 cm³/mol. The second kappa shape index (κ2) is 4.85. The highest BCUT2D eigenvalue weighted by atomic mass is 79.9. The van der Waals surface area contributed by atoms with Crippen molar-refractivity contribution in [2.45, 2.75) is 26.9 Å². The van der Waals surface area contributed by atoms with E-state index < -0.39 is 0 Å². The Kier molecular flexibility index (Phi) is 3.19. The van der Waals surface area contributed by atoms with E-state index >= 15 is 0 Å². The molecular formula is C15H16BrN3. The molecule has 0 fully saturated rings. The summed E-state index contributed by atoms with van der Waals surface area (Å²) in [5, 5.41) is 5.75. The predicted octanol–water partition coefficient (Wildman–Crippen LogP) is 3.98.